The Kier molecular flexibility index (Phi) is 29.5. The Morgan fingerprint density at radius 1 is 0.586 bits per heavy atom. The molecule has 0 unspecified atom stereocenters. The van der Waals surface area contributed by atoms with Gasteiger partial charge in [-0.1, -0.05) is 76.3 Å². The van der Waals surface area contributed by atoms with Crippen LogP contribution in [0.4, 0.5) is 9.59 Å². The van der Waals surface area contributed by atoms with Gasteiger partial charge in [0.05, 0.1) is 60.4 Å². The molecule has 13 N–H and O–H groups in total. The Morgan fingerprint density at radius 3 is 1.28 bits per heavy atom. The molecule has 0 fully saturated rings. The smallest absolute Gasteiger partial charge is 0.405 e. The number of methoxy groups -OCH3 is 4. The van der Waals surface area contributed by atoms with Gasteiger partial charge in [-0.05, 0) is 88.4 Å². The highest BCUT2D eigenvalue weighted by atomic mass is 16.6. The molecule has 0 aromatic rings. The molecule has 0 aromatic heterocycles. The first-order valence-electron chi connectivity index (χ1n) is 29.0. The zero-order chi connectivity index (χ0) is 64.7. The second-order valence-electron chi connectivity index (χ2n) is 22.2. The molecule has 4 rings (SSSR count). The van der Waals surface area contributed by atoms with E-state index in [9.17, 15) is 58.8 Å². The summed E-state index contributed by atoms with van der Waals surface area (Å²) < 4.78 is 33.4. The molecule has 0 saturated heterocycles. The van der Waals surface area contributed by atoms with Crippen LogP contribution < -0.4 is 38.1 Å². The number of amides is 4. The van der Waals surface area contributed by atoms with Crippen molar-refractivity contribution in [1.29, 1.82) is 0 Å². The number of aliphatic hydroxyl groups is 4. The lowest BCUT2D eigenvalue weighted by Gasteiger charge is -2.30. The van der Waals surface area contributed by atoms with Gasteiger partial charge in [0.2, 0.25) is 23.1 Å². The maximum atomic E-state index is 14.3. The van der Waals surface area contributed by atoms with Crippen LogP contribution in [0, 0.1) is 23.7 Å². The number of carbonyl (C=O) groups is 8. The van der Waals surface area contributed by atoms with E-state index in [1.807, 2.05) is 13.8 Å². The Balaban J connectivity index is 1.50. The highest BCUT2D eigenvalue weighted by Gasteiger charge is 2.37. The summed E-state index contributed by atoms with van der Waals surface area (Å²) in [5.41, 5.74) is 11.4. The lowest BCUT2D eigenvalue weighted by atomic mass is 9.85. The molecule has 2 heterocycles. The fourth-order valence-corrected chi connectivity index (χ4v) is 10.5. The van der Waals surface area contributed by atoms with Gasteiger partial charge in [-0.2, -0.15) is 0 Å². The summed E-state index contributed by atoms with van der Waals surface area (Å²) in [5, 5.41) is 58.8. The summed E-state index contributed by atoms with van der Waals surface area (Å²) in [7, 11) is 5.53. The van der Waals surface area contributed by atoms with Crippen LogP contribution in [0.25, 0.3) is 0 Å². The first kappa shape index (κ1) is 72.3. The first-order valence-corrected chi connectivity index (χ1v) is 29.0. The molecule has 4 aliphatic rings. The molecule has 25 nitrogen and oxygen atoms in total. The Bertz CT molecular complexity index is 2640. The molecule has 25 heteroatoms. The number of nitrogens with two attached hydrogens (primary N) is 2. The number of ketones is 4. The first-order chi connectivity index (χ1) is 41.3. The molecule has 12 atom stereocenters. The third-order valence-corrected chi connectivity index (χ3v) is 15.4. The second-order valence-corrected chi connectivity index (χ2v) is 22.2. The predicted octanol–water partition coefficient (Wildman–Crippen LogP) is 2.03. The summed E-state index contributed by atoms with van der Waals surface area (Å²) >= 11 is 0. The number of allylic oxidation sites excluding steroid dienone is 8. The fourth-order valence-electron chi connectivity index (χ4n) is 10.5. The maximum absolute atomic E-state index is 14.3. The van der Waals surface area contributed by atoms with Gasteiger partial charge in [0, 0.05) is 87.8 Å². The van der Waals surface area contributed by atoms with Crippen LogP contribution in [0.5, 0.6) is 0 Å². The number of hydrogen-bond acceptors (Lipinski definition) is 21. The fraction of sp³-hybridized carbons (Fsp3) is 0.548. The topological polar surface area (TPSA) is 385 Å². The molecule has 0 spiro atoms. The minimum Gasteiger partial charge on any atom is -0.439 e. The van der Waals surface area contributed by atoms with Gasteiger partial charge < -0.3 is 86.9 Å². The normalized spacial score (nSPS) is 31.2. The van der Waals surface area contributed by atoms with Crippen molar-refractivity contribution in [2.75, 3.05) is 67.8 Å². The van der Waals surface area contributed by atoms with E-state index >= 15 is 0 Å². The van der Waals surface area contributed by atoms with Gasteiger partial charge in [0.15, 0.2) is 12.2 Å². The van der Waals surface area contributed by atoms with Crippen molar-refractivity contribution in [2.45, 2.75) is 129 Å². The van der Waals surface area contributed by atoms with E-state index in [1.165, 1.54) is 78.7 Å². The van der Waals surface area contributed by atoms with Gasteiger partial charge in [-0.3, -0.25) is 28.8 Å². The van der Waals surface area contributed by atoms with Gasteiger partial charge in [0.25, 0.3) is 11.8 Å². The van der Waals surface area contributed by atoms with Crippen LogP contribution in [0.1, 0.15) is 80.1 Å². The van der Waals surface area contributed by atoms with Crippen molar-refractivity contribution in [3.05, 3.63) is 117 Å². The molecule has 0 saturated carbocycles. The van der Waals surface area contributed by atoms with Crippen molar-refractivity contribution in [2.24, 2.45) is 35.1 Å². The minimum absolute atomic E-state index is 0.0483. The van der Waals surface area contributed by atoms with E-state index in [0.29, 0.717) is 25.9 Å². The number of fused-ring (bicyclic) bond motifs is 4. The van der Waals surface area contributed by atoms with Gasteiger partial charge in [-0.15, -0.1) is 0 Å². The van der Waals surface area contributed by atoms with Crippen LogP contribution in [0.3, 0.4) is 0 Å². The highest BCUT2D eigenvalue weighted by molar-refractivity contribution is 6.24. The average molecular weight is 1220 g/mol. The Morgan fingerprint density at radius 2 is 0.954 bits per heavy atom. The molecule has 0 aromatic carbocycles. The number of hydrogen-bond donors (Lipinski definition) is 11. The number of Topliss-reactive ketones (excluding diaryl/α,β-unsaturated/α-hetero) is 2. The predicted molar refractivity (Wildman–Crippen MR) is 320 cm³/mol. The van der Waals surface area contributed by atoms with Crippen molar-refractivity contribution < 1.29 is 87.2 Å². The van der Waals surface area contributed by atoms with Crippen LogP contribution in [-0.2, 0) is 57.2 Å². The summed E-state index contributed by atoms with van der Waals surface area (Å²) in [6, 6.07) is 0. The number of carbonyl (C=O) groups excluding carboxylic acids is 8. The number of nitrogens with one attached hydrogen (secondary N) is 5. The van der Waals surface area contributed by atoms with Crippen molar-refractivity contribution in [1.82, 2.24) is 26.6 Å². The lowest BCUT2D eigenvalue weighted by Crippen LogP contribution is -2.38. The Labute approximate surface area is 508 Å². The SMILES string of the molecule is CO[C@H]1/C=C\C=C(/C)C(=O)NC2=CC(=O)C(NCCCNCCCNC3=C4C[C@@H](C)C[C@H](OC)[C@H](O)[C@@H](C)/C=C(\CO)[C@H](OC(N)=O)[C@@H](OC)/C=C\C=C(/C)C(=O)NC(=CC3=O)C4=O)=C(C[C@@H](C)C[C@H](OC)[C@H](O)[C@@H](C)/C=C(\CO)[C@@H]1OC(N)=O)C2=O. The zero-order valence-electron chi connectivity index (χ0n) is 51.3. The quantitative estimate of drug-likeness (QED) is 0.0531. The highest BCUT2D eigenvalue weighted by Crippen LogP contribution is 2.31. The molecule has 4 amide bonds. The number of rotatable bonds is 18. The standard InChI is InChI=1S/C62H89N7O18/c1-33-23-41-51(45(72)29-43(55(41)76)68-59(78)35(3)15-11-17-47(82-7)57(86-61(63)80)39(31-70)27-37(5)53(74)49(25-33)84-9)66-21-13-19-65-20-14-22-67-52-42-24-34(2)26-50(85-10)54(75)38(6)28-40(32-71)58(87-62(64)81)48(83-8)18-12-16-36(4)60(79)69-44(56(42)77)30-46(52)73/h11-12,15-18,27-30,33-34,37-38,47-50,53-54,57-58,65-67,70-71,74-75H,13-14,19-26,31-32H2,1-10H3,(H2,63,80)(H2,64,81)(H,68,78)(H,69,79)/b17-11-,18-12-,35-15+,36-16+,39-27+,40-28+/t33-,34-,37+,38+,47+,48+,49+,50+,53-,54-,57+,58+/m1/s1. The summed E-state index contributed by atoms with van der Waals surface area (Å²) in [6.45, 7) is 10.2. The van der Waals surface area contributed by atoms with Crippen LogP contribution in [0.2, 0.25) is 0 Å². The van der Waals surface area contributed by atoms with Crippen molar-refractivity contribution in [3.63, 3.8) is 0 Å². The number of aliphatic hydroxyl groups excluding tert-OH is 4. The van der Waals surface area contributed by atoms with Crippen LogP contribution >= 0.6 is 0 Å². The molecule has 4 bridgehead atoms. The zero-order valence-corrected chi connectivity index (χ0v) is 51.3. The molecule has 2 aliphatic heterocycles. The van der Waals surface area contributed by atoms with E-state index in [0.717, 1.165) is 12.2 Å². The van der Waals surface area contributed by atoms with Crippen molar-refractivity contribution >= 4 is 47.1 Å². The maximum Gasteiger partial charge on any atom is 0.405 e. The summed E-state index contributed by atoms with van der Waals surface area (Å²) in [4.78, 5) is 107. The van der Waals surface area contributed by atoms with Crippen LogP contribution in [-0.4, -0.2) is 184 Å². The molecule has 0 radical (unpaired) electrons. The third-order valence-electron chi connectivity index (χ3n) is 15.4. The van der Waals surface area contributed by atoms with Gasteiger partial charge in [-0.25, -0.2) is 9.59 Å². The molecule has 2 aliphatic carbocycles. The average Bonchev–Trinajstić information content (AvgIpc) is 2.06. The monoisotopic (exact) mass is 1220 g/mol. The summed E-state index contributed by atoms with van der Waals surface area (Å²) in [6.07, 6.45) is 4.71. The minimum atomic E-state index is -1.22. The van der Waals surface area contributed by atoms with E-state index in [-0.39, 0.29) is 107 Å². The van der Waals surface area contributed by atoms with Gasteiger partial charge >= 0.3 is 12.2 Å². The van der Waals surface area contributed by atoms with E-state index in [4.69, 9.17) is 39.9 Å². The Hall–Kier alpha value is -7.20. The molecule has 480 valence electrons. The third kappa shape index (κ3) is 21.0. The lowest BCUT2D eigenvalue weighted by molar-refractivity contribution is -0.120. The summed E-state index contributed by atoms with van der Waals surface area (Å²) in [5.74, 6) is -5.71. The number of primary amides is 2. The van der Waals surface area contributed by atoms with E-state index < -0.39 is 121 Å². The number of ether oxygens (including phenoxy) is 6. The van der Waals surface area contributed by atoms with E-state index in [1.54, 1.807) is 26.0 Å². The van der Waals surface area contributed by atoms with Crippen LogP contribution in [0.15, 0.2) is 117 Å². The van der Waals surface area contributed by atoms with Gasteiger partial charge in [0.1, 0.15) is 12.2 Å². The van der Waals surface area contributed by atoms with Crippen molar-refractivity contribution in [3.8, 4) is 0 Å². The van der Waals surface area contributed by atoms with E-state index in [2.05, 4.69) is 26.6 Å². The molecular weight excluding hydrogens is 1130 g/mol. The second kappa shape index (κ2) is 35.6. The largest absolute Gasteiger partial charge is 0.439 e. The molecular formula is C62H89N7O18. The molecule has 87 heavy (non-hydrogen) atoms.